The minimum atomic E-state index is -0.259. The van der Waals surface area contributed by atoms with E-state index in [2.05, 4.69) is 5.32 Å². The number of carbonyl (C=O) groups is 2. The van der Waals surface area contributed by atoms with Crippen LogP contribution >= 0.6 is 11.8 Å². The highest BCUT2D eigenvalue weighted by atomic mass is 32.2. The molecule has 2 aliphatic heterocycles. The van der Waals surface area contributed by atoms with E-state index in [1.165, 1.54) is 22.7 Å². The molecule has 28 heavy (non-hydrogen) atoms. The summed E-state index contributed by atoms with van der Waals surface area (Å²) in [7, 11) is 0. The van der Waals surface area contributed by atoms with E-state index in [9.17, 15) is 14.0 Å². The van der Waals surface area contributed by atoms with Crippen LogP contribution in [0.3, 0.4) is 0 Å². The fraction of sp³-hybridized carbons (Fsp3) is 0.600. The molecule has 2 heterocycles. The van der Waals surface area contributed by atoms with Gasteiger partial charge in [-0.25, -0.2) is 9.18 Å². The number of hydrogen-bond donors (Lipinski definition) is 2. The lowest BCUT2D eigenvalue weighted by atomic mass is 10.1. The Bertz CT molecular complexity index is 716. The highest BCUT2D eigenvalue weighted by molar-refractivity contribution is 8.00. The number of nitrogens with zero attached hydrogens (tertiary/aromatic N) is 2. The molecule has 8 heteroatoms. The molecule has 1 atom stereocenters. The molecule has 2 N–H and O–H groups in total. The first-order valence-electron chi connectivity index (χ1n) is 9.81. The third-order valence-corrected chi connectivity index (χ3v) is 6.32. The molecule has 3 rings (SSSR count). The zero-order chi connectivity index (χ0) is 20.3. The maximum Gasteiger partial charge on any atom is 0.318 e. The summed E-state index contributed by atoms with van der Waals surface area (Å²) in [6.07, 6.45) is 0. The molecule has 2 aliphatic rings. The Morgan fingerprint density at radius 1 is 1.29 bits per heavy atom. The summed E-state index contributed by atoms with van der Waals surface area (Å²) in [6.45, 7) is 10.5. The molecule has 1 aromatic rings. The summed E-state index contributed by atoms with van der Waals surface area (Å²) in [5.41, 5.74) is 0.341. The van der Waals surface area contributed by atoms with Crippen molar-refractivity contribution in [3.8, 4) is 0 Å². The number of halogens is 1. The summed E-state index contributed by atoms with van der Waals surface area (Å²) in [5.74, 6) is 0.209. The number of amides is 3. The Balaban J connectivity index is 1.51. The fourth-order valence-electron chi connectivity index (χ4n) is 3.58. The van der Waals surface area contributed by atoms with Crippen molar-refractivity contribution in [2.75, 3.05) is 45.0 Å². The second-order valence-corrected chi connectivity index (χ2v) is 9.51. The number of benzene rings is 1. The summed E-state index contributed by atoms with van der Waals surface area (Å²) in [4.78, 5) is 29.6. The molecule has 2 saturated heterocycles. The Morgan fingerprint density at radius 3 is 2.61 bits per heavy atom. The quantitative estimate of drug-likeness (QED) is 0.783. The van der Waals surface area contributed by atoms with Crippen LogP contribution in [0.15, 0.2) is 24.3 Å². The third kappa shape index (κ3) is 5.17. The zero-order valence-corrected chi connectivity index (χ0v) is 17.7. The van der Waals surface area contributed by atoms with Gasteiger partial charge in [0.1, 0.15) is 11.2 Å². The van der Waals surface area contributed by atoms with Gasteiger partial charge in [-0.2, -0.15) is 0 Å². The van der Waals surface area contributed by atoms with Gasteiger partial charge in [-0.15, -0.1) is 11.8 Å². The highest BCUT2D eigenvalue weighted by Gasteiger charge is 2.35. The van der Waals surface area contributed by atoms with E-state index >= 15 is 0 Å². The molecule has 1 aromatic carbocycles. The van der Waals surface area contributed by atoms with Crippen molar-refractivity contribution in [3.05, 3.63) is 35.6 Å². The van der Waals surface area contributed by atoms with Crippen LogP contribution in [0.4, 0.5) is 9.18 Å². The van der Waals surface area contributed by atoms with Crippen molar-refractivity contribution in [3.63, 3.8) is 0 Å². The van der Waals surface area contributed by atoms with Gasteiger partial charge in [0, 0.05) is 11.1 Å². The molecule has 0 unspecified atom stereocenters. The molecular formula is C20H30FN4O2S+. The van der Waals surface area contributed by atoms with Crippen molar-refractivity contribution in [1.29, 1.82) is 0 Å². The molecule has 0 aliphatic carbocycles. The van der Waals surface area contributed by atoms with Gasteiger partial charge in [0.2, 0.25) is 5.91 Å². The first kappa shape index (κ1) is 20.9. The summed E-state index contributed by atoms with van der Waals surface area (Å²) < 4.78 is 14.2. The average molecular weight is 410 g/mol. The van der Waals surface area contributed by atoms with Gasteiger partial charge >= 0.3 is 6.03 Å². The Morgan fingerprint density at radius 2 is 1.96 bits per heavy atom. The average Bonchev–Trinajstić information content (AvgIpc) is 3.00. The van der Waals surface area contributed by atoms with Crippen LogP contribution in [-0.2, 0) is 4.79 Å². The van der Waals surface area contributed by atoms with E-state index in [4.69, 9.17) is 0 Å². The van der Waals surface area contributed by atoms with Crippen LogP contribution in [-0.4, -0.2) is 72.3 Å². The first-order chi connectivity index (χ1) is 13.2. The number of urea groups is 1. The standard InChI is InChI=1S/C20H29FN4O2S/c1-20(2,3)22-19(27)24-11-8-23(9-12-24)10-13-25-17(26)14-28-18(25)15-6-4-5-7-16(15)21/h4-7,18H,8-14H2,1-3H3,(H,22,27)/p+1/t18-/m0/s1. The normalized spacial score (nSPS) is 21.3. The van der Waals surface area contributed by atoms with Crippen LogP contribution in [0.1, 0.15) is 31.7 Å². The minimum absolute atomic E-state index is 0.0164. The van der Waals surface area contributed by atoms with Crippen LogP contribution in [0, 0.1) is 5.82 Å². The maximum absolute atomic E-state index is 14.2. The van der Waals surface area contributed by atoms with E-state index in [0.29, 0.717) is 31.0 Å². The SMILES string of the molecule is CC(C)(C)NC(=O)N1CC[NH+](CCN2C(=O)CS[C@H]2c2ccccc2F)CC1. The van der Waals surface area contributed by atoms with Crippen molar-refractivity contribution < 1.29 is 18.9 Å². The number of rotatable bonds is 4. The number of thioether (sulfide) groups is 1. The van der Waals surface area contributed by atoms with Crippen molar-refractivity contribution >= 4 is 23.7 Å². The Hall–Kier alpha value is -1.80. The lowest BCUT2D eigenvalue weighted by Gasteiger charge is -2.35. The minimum Gasteiger partial charge on any atom is -0.333 e. The lowest BCUT2D eigenvalue weighted by Crippen LogP contribution is -3.15. The number of quaternary nitrogens is 1. The van der Waals surface area contributed by atoms with Gasteiger partial charge in [-0.1, -0.05) is 18.2 Å². The molecule has 0 aromatic heterocycles. The molecule has 2 fully saturated rings. The molecule has 0 spiro atoms. The topological polar surface area (TPSA) is 57.1 Å². The fourth-order valence-corrected chi connectivity index (χ4v) is 4.82. The van der Waals surface area contributed by atoms with Crippen molar-refractivity contribution in [1.82, 2.24) is 15.1 Å². The maximum atomic E-state index is 14.2. The predicted octanol–water partition coefficient (Wildman–Crippen LogP) is 1.11. The van der Waals surface area contributed by atoms with E-state index in [0.717, 1.165) is 19.6 Å². The van der Waals surface area contributed by atoms with Gasteiger partial charge < -0.3 is 20.0 Å². The van der Waals surface area contributed by atoms with Crippen LogP contribution < -0.4 is 10.2 Å². The van der Waals surface area contributed by atoms with E-state index in [1.807, 2.05) is 31.7 Å². The number of hydrogen-bond acceptors (Lipinski definition) is 3. The molecular weight excluding hydrogens is 379 g/mol. The van der Waals surface area contributed by atoms with E-state index in [1.54, 1.807) is 17.0 Å². The van der Waals surface area contributed by atoms with Crippen molar-refractivity contribution in [2.24, 2.45) is 0 Å². The molecule has 0 bridgehead atoms. The second kappa shape index (κ2) is 8.69. The van der Waals surface area contributed by atoms with Gasteiger partial charge in [-0.3, -0.25) is 4.79 Å². The van der Waals surface area contributed by atoms with Gasteiger partial charge in [-0.05, 0) is 26.8 Å². The molecule has 0 saturated carbocycles. The first-order valence-corrected chi connectivity index (χ1v) is 10.9. The molecule has 3 amide bonds. The Labute approximate surface area is 170 Å². The van der Waals surface area contributed by atoms with Crippen LogP contribution in [0.25, 0.3) is 0 Å². The smallest absolute Gasteiger partial charge is 0.318 e. The van der Waals surface area contributed by atoms with E-state index < -0.39 is 0 Å². The molecule has 6 nitrogen and oxygen atoms in total. The zero-order valence-electron chi connectivity index (χ0n) is 16.8. The van der Waals surface area contributed by atoms with Gasteiger partial charge in [0.25, 0.3) is 0 Å². The number of nitrogens with one attached hydrogen (secondary N) is 2. The number of piperazine rings is 1. The second-order valence-electron chi connectivity index (χ2n) is 8.44. The van der Waals surface area contributed by atoms with Crippen LogP contribution in [0.5, 0.6) is 0 Å². The van der Waals surface area contributed by atoms with E-state index in [-0.39, 0.29) is 28.7 Å². The monoisotopic (exact) mass is 409 g/mol. The predicted molar refractivity (Wildman–Crippen MR) is 109 cm³/mol. The van der Waals surface area contributed by atoms with Gasteiger partial charge in [0.15, 0.2) is 0 Å². The van der Waals surface area contributed by atoms with Crippen LogP contribution in [0.2, 0.25) is 0 Å². The molecule has 154 valence electrons. The summed E-state index contributed by atoms with van der Waals surface area (Å²) in [6, 6.07) is 6.68. The lowest BCUT2D eigenvalue weighted by molar-refractivity contribution is -0.903. The molecule has 0 radical (unpaired) electrons. The summed E-state index contributed by atoms with van der Waals surface area (Å²) >= 11 is 1.49. The highest BCUT2D eigenvalue weighted by Crippen LogP contribution is 2.39. The Kier molecular flexibility index (Phi) is 6.50. The largest absolute Gasteiger partial charge is 0.333 e. The van der Waals surface area contributed by atoms with Gasteiger partial charge in [0.05, 0.1) is 45.0 Å². The number of carbonyl (C=O) groups excluding carboxylic acids is 2. The summed E-state index contributed by atoms with van der Waals surface area (Å²) in [5, 5.41) is 2.76. The van der Waals surface area contributed by atoms with Crippen molar-refractivity contribution in [2.45, 2.75) is 31.7 Å². The third-order valence-electron chi connectivity index (χ3n) is 5.09.